The van der Waals surface area contributed by atoms with Crippen molar-refractivity contribution in [1.29, 1.82) is 0 Å². The maximum atomic E-state index is 12.9. The monoisotopic (exact) mass is 496 g/mol. The van der Waals surface area contributed by atoms with Gasteiger partial charge >= 0.3 is 0 Å². The molecule has 0 radical (unpaired) electrons. The number of nitrogen functional groups attached to an aromatic ring is 1. The summed E-state index contributed by atoms with van der Waals surface area (Å²) >= 11 is 14.5. The molecule has 0 aliphatic rings. The largest absolute Gasteiger partial charge is 0.397 e. The molecule has 3 aromatic heterocycles. The number of nitrogens with two attached hydrogens (primary N) is 1. The van der Waals surface area contributed by atoms with Gasteiger partial charge in [-0.05, 0) is 36.4 Å². The lowest BCUT2D eigenvalue weighted by molar-refractivity contribution is 0.103. The summed E-state index contributed by atoms with van der Waals surface area (Å²) in [5.41, 5.74) is 10.1. The van der Waals surface area contributed by atoms with Crippen LogP contribution in [0.5, 0.6) is 0 Å². The zero-order chi connectivity index (χ0) is 22.2. The normalized spacial score (nSPS) is 11.1. The molecule has 5 nitrogen and oxygen atoms in total. The van der Waals surface area contributed by atoms with Crippen molar-refractivity contribution in [3.8, 4) is 22.5 Å². The summed E-state index contributed by atoms with van der Waals surface area (Å²) < 4.78 is 0. The van der Waals surface area contributed by atoms with E-state index in [4.69, 9.17) is 28.9 Å². The molecule has 0 aliphatic carbocycles. The van der Waals surface area contributed by atoms with Gasteiger partial charge in [0.2, 0.25) is 0 Å². The molecular formula is C23H14Cl2N4OS2. The van der Waals surface area contributed by atoms with E-state index in [0.717, 1.165) is 27.9 Å². The van der Waals surface area contributed by atoms with Gasteiger partial charge in [0.05, 0.1) is 17.1 Å². The van der Waals surface area contributed by atoms with Crippen LogP contribution < -0.4 is 11.1 Å². The highest BCUT2D eigenvalue weighted by Gasteiger charge is 2.19. The second kappa shape index (κ2) is 8.52. The van der Waals surface area contributed by atoms with Crippen LogP contribution in [0.2, 0.25) is 10.0 Å². The molecule has 0 unspecified atom stereocenters. The molecule has 0 aliphatic heterocycles. The van der Waals surface area contributed by atoms with Crippen molar-refractivity contribution < 1.29 is 4.79 Å². The number of benzene rings is 2. The summed E-state index contributed by atoms with van der Waals surface area (Å²) in [6.07, 6.45) is 0. The number of amides is 1. The fraction of sp³-hybridized carbons (Fsp3) is 0. The lowest BCUT2D eigenvalue weighted by Gasteiger charge is -2.01. The first-order chi connectivity index (χ1) is 15.5. The fourth-order valence-electron chi connectivity index (χ4n) is 3.19. The number of carbonyl (C=O) groups is 1. The molecule has 32 heavy (non-hydrogen) atoms. The average molecular weight is 497 g/mol. The van der Waals surface area contributed by atoms with Crippen LogP contribution >= 0.6 is 45.9 Å². The van der Waals surface area contributed by atoms with E-state index < -0.39 is 0 Å². The molecule has 3 N–H and O–H groups in total. The predicted octanol–water partition coefficient (Wildman–Crippen LogP) is 7.23. The number of fused-ring (bicyclic) bond motifs is 1. The van der Waals surface area contributed by atoms with E-state index in [2.05, 4.69) is 15.3 Å². The highest BCUT2D eigenvalue weighted by atomic mass is 35.5. The molecule has 1 amide bonds. The summed E-state index contributed by atoms with van der Waals surface area (Å²) in [4.78, 5) is 23.2. The Bertz CT molecular complexity index is 1440. The Labute approximate surface area is 201 Å². The second-order valence-corrected chi connectivity index (χ2v) is 9.63. The Kier molecular flexibility index (Phi) is 5.57. The fourth-order valence-corrected chi connectivity index (χ4v) is 5.14. The number of halogens is 2. The van der Waals surface area contributed by atoms with Gasteiger partial charge < -0.3 is 5.73 Å². The zero-order valence-electron chi connectivity index (χ0n) is 16.3. The predicted molar refractivity (Wildman–Crippen MR) is 135 cm³/mol. The molecule has 158 valence electrons. The number of rotatable bonds is 4. The number of thiophene rings is 1. The molecule has 0 fully saturated rings. The Morgan fingerprint density at radius 3 is 2.12 bits per heavy atom. The maximum absolute atomic E-state index is 12.9. The molecule has 0 bridgehead atoms. The standard InChI is InChI=1S/C23H14Cl2N4OS2/c24-14-5-1-12(2-6-14)17-10-9-16-19(26)20(32-22(16)27-17)21(30)29-23-28-18(11-31-23)13-3-7-15(25)8-4-13/h1-11H,26H2,(H,28,29,30). The lowest BCUT2D eigenvalue weighted by atomic mass is 10.1. The highest BCUT2D eigenvalue weighted by Crippen LogP contribution is 2.35. The van der Waals surface area contributed by atoms with Gasteiger partial charge in [0, 0.05) is 31.9 Å². The number of thiazole rings is 1. The van der Waals surface area contributed by atoms with Crippen molar-refractivity contribution in [3.63, 3.8) is 0 Å². The number of aromatic nitrogens is 2. The third kappa shape index (κ3) is 4.08. The van der Waals surface area contributed by atoms with Crippen molar-refractivity contribution >= 4 is 72.8 Å². The van der Waals surface area contributed by atoms with E-state index in [0.29, 0.717) is 30.6 Å². The number of nitrogens with zero attached hydrogens (tertiary/aromatic N) is 2. The summed E-state index contributed by atoms with van der Waals surface area (Å²) in [6, 6.07) is 18.6. The number of anilines is 2. The quantitative estimate of drug-likeness (QED) is 0.275. The van der Waals surface area contributed by atoms with Crippen LogP contribution in [-0.2, 0) is 0 Å². The van der Waals surface area contributed by atoms with Gasteiger partial charge in [0.25, 0.3) is 5.91 Å². The molecule has 5 aromatic rings. The summed E-state index contributed by atoms with van der Waals surface area (Å²) in [5, 5.41) is 7.29. The van der Waals surface area contributed by atoms with Crippen LogP contribution in [0, 0.1) is 0 Å². The maximum Gasteiger partial charge on any atom is 0.269 e. The first-order valence-corrected chi connectivity index (χ1v) is 11.9. The second-order valence-electron chi connectivity index (χ2n) is 6.90. The van der Waals surface area contributed by atoms with E-state index in [1.54, 1.807) is 12.1 Å². The van der Waals surface area contributed by atoms with Gasteiger partial charge in [-0.1, -0.05) is 47.5 Å². The zero-order valence-corrected chi connectivity index (χ0v) is 19.4. The molecule has 9 heteroatoms. The highest BCUT2D eigenvalue weighted by molar-refractivity contribution is 7.21. The van der Waals surface area contributed by atoms with Gasteiger partial charge in [-0.3, -0.25) is 10.1 Å². The molecular weight excluding hydrogens is 483 g/mol. The van der Waals surface area contributed by atoms with Crippen molar-refractivity contribution in [2.75, 3.05) is 11.1 Å². The summed E-state index contributed by atoms with van der Waals surface area (Å²) in [6.45, 7) is 0. The first kappa shape index (κ1) is 20.9. The minimum Gasteiger partial charge on any atom is -0.397 e. The Balaban J connectivity index is 1.40. The molecule has 0 spiro atoms. The van der Waals surface area contributed by atoms with Gasteiger partial charge in [-0.15, -0.1) is 22.7 Å². The third-order valence-electron chi connectivity index (χ3n) is 4.80. The van der Waals surface area contributed by atoms with E-state index in [1.807, 2.05) is 53.9 Å². The molecule has 3 heterocycles. The smallest absolute Gasteiger partial charge is 0.269 e. The minimum atomic E-state index is -0.310. The lowest BCUT2D eigenvalue weighted by Crippen LogP contribution is -2.11. The number of pyridine rings is 1. The van der Waals surface area contributed by atoms with E-state index >= 15 is 0 Å². The number of hydrogen-bond donors (Lipinski definition) is 2. The third-order valence-corrected chi connectivity index (χ3v) is 7.18. The molecule has 0 atom stereocenters. The van der Waals surface area contributed by atoms with Crippen LogP contribution in [0.3, 0.4) is 0 Å². The minimum absolute atomic E-state index is 0.310. The van der Waals surface area contributed by atoms with Crippen LogP contribution in [0.1, 0.15) is 9.67 Å². The van der Waals surface area contributed by atoms with Gasteiger partial charge in [-0.2, -0.15) is 0 Å². The number of hydrogen-bond acceptors (Lipinski definition) is 6. The van der Waals surface area contributed by atoms with Crippen LogP contribution in [0.25, 0.3) is 32.7 Å². The first-order valence-electron chi connectivity index (χ1n) is 9.46. The Hall–Kier alpha value is -2.97. The van der Waals surface area contributed by atoms with E-state index in [1.165, 1.54) is 22.7 Å². The van der Waals surface area contributed by atoms with Crippen molar-refractivity contribution in [2.24, 2.45) is 0 Å². The Morgan fingerprint density at radius 1 is 0.844 bits per heavy atom. The molecule has 0 saturated carbocycles. The van der Waals surface area contributed by atoms with Gasteiger partial charge in [-0.25, -0.2) is 9.97 Å². The molecule has 5 rings (SSSR count). The molecule has 2 aromatic carbocycles. The van der Waals surface area contributed by atoms with Crippen molar-refractivity contribution in [1.82, 2.24) is 9.97 Å². The summed E-state index contributed by atoms with van der Waals surface area (Å²) in [7, 11) is 0. The SMILES string of the molecule is Nc1c(C(=O)Nc2nc(-c3ccc(Cl)cc3)cs2)sc2nc(-c3ccc(Cl)cc3)ccc12. The van der Waals surface area contributed by atoms with Crippen molar-refractivity contribution in [2.45, 2.75) is 0 Å². The van der Waals surface area contributed by atoms with Gasteiger partial charge in [0.15, 0.2) is 5.13 Å². The molecule has 0 saturated heterocycles. The van der Waals surface area contributed by atoms with E-state index in [9.17, 15) is 4.79 Å². The van der Waals surface area contributed by atoms with E-state index in [-0.39, 0.29) is 5.91 Å². The average Bonchev–Trinajstić information content (AvgIpc) is 3.39. The number of nitrogens with one attached hydrogen (secondary N) is 1. The van der Waals surface area contributed by atoms with Crippen LogP contribution in [0.4, 0.5) is 10.8 Å². The Morgan fingerprint density at radius 2 is 1.47 bits per heavy atom. The number of carbonyl (C=O) groups excluding carboxylic acids is 1. The van der Waals surface area contributed by atoms with Gasteiger partial charge in [0.1, 0.15) is 9.71 Å². The summed E-state index contributed by atoms with van der Waals surface area (Å²) in [5.74, 6) is -0.310. The van der Waals surface area contributed by atoms with Crippen molar-refractivity contribution in [3.05, 3.63) is 81.0 Å². The van der Waals surface area contributed by atoms with Crippen LogP contribution in [0.15, 0.2) is 66.0 Å². The topological polar surface area (TPSA) is 80.9 Å². The van der Waals surface area contributed by atoms with Crippen LogP contribution in [-0.4, -0.2) is 15.9 Å².